The fourth-order valence-electron chi connectivity index (χ4n) is 1.32. The van der Waals surface area contributed by atoms with Crippen LogP contribution >= 0.6 is 11.6 Å². The number of rotatable bonds is 2. The molecule has 82 valence electrons. The van der Waals surface area contributed by atoms with Crippen molar-refractivity contribution in [3.63, 3.8) is 0 Å². The van der Waals surface area contributed by atoms with Crippen LogP contribution in [-0.4, -0.2) is 4.98 Å². The number of halogens is 2. The highest BCUT2D eigenvalue weighted by Gasteiger charge is 2.01. The van der Waals surface area contributed by atoms with Gasteiger partial charge in [-0.25, -0.2) is 9.37 Å². The molecule has 0 amide bonds. The highest BCUT2D eigenvalue weighted by Crippen LogP contribution is 2.20. The zero-order valence-corrected chi connectivity index (χ0v) is 9.42. The molecule has 0 unspecified atom stereocenters. The Morgan fingerprint density at radius 1 is 1.25 bits per heavy atom. The Balaban J connectivity index is 2.26. The largest absolute Gasteiger partial charge is 0.340 e. The molecule has 16 heavy (non-hydrogen) atoms. The number of pyridine rings is 1. The summed E-state index contributed by atoms with van der Waals surface area (Å²) in [5, 5.41) is 3.60. The summed E-state index contributed by atoms with van der Waals surface area (Å²) in [6.07, 6.45) is 1.54. The van der Waals surface area contributed by atoms with E-state index in [0.717, 1.165) is 5.56 Å². The molecule has 0 saturated carbocycles. The van der Waals surface area contributed by atoms with Gasteiger partial charge < -0.3 is 5.32 Å². The van der Waals surface area contributed by atoms with Gasteiger partial charge >= 0.3 is 0 Å². The van der Waals surface area contributed by atoms with Crippen LogP contribution in [0.2, 0.25) is 5.02 Å². The molecule has 0 radical (unpaired) electrons. The molecule has 1 heterocycles. The second kappa shape index (κ2) is 4.49. The molecular formula is C12H10ClFN2. The number of aromatic nitrogens is 1. The lowest BCUT2D eigenvalue weighted by molar-refractivity contribution is 0.628. The van der Waals surface area contributed by atoms with Gasteiger partial charge in [-0.1, -0.05) is 17.7 Å². The van der Waals surface area contributed by atoms with Crippen LogP contribution in [0.3, 0.4) is 0 Å². The quantitative estimate of drug-likeness (QED) is 0.855. The predicted molar refractivity (Wildman–Crippen MR) is 63.7 cm³/mol. The van der Waals surface area contributed by atoms with Gasteiger partial charge in [-0.2, -0.15) is 0 Å². The average molecular weight is 237 g/mol. The maximum Gasteiger partial charge on any atom is 0.130 e. The molecule has 0 aliphatic heterocycles. The zero-order valence-electron chi connectivity index (χ0n) is 8.67. The van der Waals surface area contributed by atoms with Crippen LogP contribution in [0, 0.1) is 12.7 Å². The van der Waals surface area contributed by atoms with Gasteiger partial charge in [-0.3, -0.25) is 0 Å². The van der Waals surface area contributed by atoms with Crippen LogP contribution in [0.15, 0.2) is 36.5 Å². The van der Waals surface area contributed by atoms with Crippen molar-refractivity contribution < 1.29 is 4.39 Å². The number of nitrogens with zero attached hydrogens (tertiary/aromatic N) is 1. The molecule has 4 heteroatoms. The Hall–Kier alpha value is -1.61. The first-order valence-corrected chi connectivity index (χ1v) is 5.18. The van der Waals surface area contributed by atoms with Gasteiger partial charge in [0, 0.05) is 11.9 Å². The molecule has 0 fully saturated rings. The van der Waals surface area contributed by atoms with E-state index in [9.17, 15) is 4.39 Å². The molecule has 0 saturated heterocycles. The molecule has 1 aromatic carbocycles. The Kier molecular flexibility index (Phi) is 3.06. The first kappa shape index (κ1) is 10.9. The molecule has 0 aliphatic rings. The van der Waals surface area contributed by atoms with Crippen LogP contribution < -0.4 is 5.32 Å². The van der Waals surface area contributed by atoms with E-state index in [1.54, 1.807) is 24.4 Å². The van der Waals surface area contributed by atoms with Gasteiger partial charge in [0.25, 0.3) is 0 Å². The summed E-state index contributed by atoms with van der Waals surface area (Å²) in [5.74, 6) is 0.361. The second-order valence-corrected chi connectivity index (χ2v) is 3.88. The van der Waals surface area contributed by atoms with Gasteiger partial charge in [0.05, 0.1) is 5.02 Å². The smallest absolute Gasteiger partial charge is 0.130 e. The van der Waals surface area contributed by atoms with Crippen molar-refractivity contribution in [3.8, 4) is 0 Å². The van der Waals surface area contributed by atoms with Gasteiger partial charge in [-0.05, 0) is 36.8 Å². The summed E-state index contributed by atoms with van der Waals surface area (Å²) < 4.78 is 13.0. The molecule has 0 bridgehead atoms. The van der Waals surface area contributed by atoms with E-state index in [1.807, 2.05) is 6.92 Å². The van der Waals surface area contributed by atoms with E-state index in [0.29, 0.717) is 16.5 Å². The maximum absolute atomic E-state index is 13.0. The van der Waals surface area contributed by atoms with Gasteiger partial charge in [0.2, 0.25) is 0 Å². The molecule has 1 aromatic heterocycles. The number of benzene rings is 1. The average Bonchev–Trinajstić information content (AvgIpc) is 2.27. The lowest BCUT2D eigenvalue weighted by atomic mass is 10.2. The highest BCUT2D eigenvalue weighted by molar-refractivity contribution is 6.30. The molecule has 1 N–H and O–H groups in total. The van der Waals surface area contributed by atoms with Gasteiger partial charge in [0.1, 0.15) is 11.6 Å². The lowest BCUT2D eigenvalue weighted by Gasteiger charge is -2.08. The van der Waals surface area contributed by atoms with Crippen LogP contribution in [0.25, 0.3) is 0 Å². The molecule has 0 aliphatic carbocycles. The standard InChI is InChI=1S/C12H10ClFN2/c1-8-2-4-10(14)6-11(8)16-12-5-3-9(13)7-15-12/h2-7H,1H3,(H,15,16). The minimum Gasteiger partial charge on any atom is -0.340 e. The van der Waals surface area contributed by atoms with Crippen molar-refractivity contribution in [1.29, 1.82) is 0 Å². The maximum atomic E-state index is 13.0. The summed E-state index contributed by atoms with van der Waals surface area (Å²) in [7, 11) is 0. The molecule has 2 rings (SSSR count). The van der Waals surface area contributed by atoms with E-state index in [-0.39, 0.29) is 5.82 Å². The number of nitrogens with one attached hydrogen (secondary N) is 1. The molecule has 0 spiro atoms. The van der Waals surface area contributed by atoms with Crippen molar-refractivity contribution in [2.45, 2.75) is 6.92 Å². The van der Waals surface area contributed by atoms with Crippen molar-refractivity contribution in [3.05, 3.63) is 52.9 Å². The van der Waals surface area contributed by atoms with Crippen LogP contribution in [-0.2, 0) is 0 Å². The Morgan fingerprint density at radius 2 is 2.06 bits per heavy atom. The van der Waals surface area contributed by atoms with Gasteiger partial charge in [-0.15, -0.1) is 0 Å². The Labute approximate surface area is 98.1 Å². The van der Waals surface area contributed by atoms with E-state index in [4.69, 9.17) is 11.6 Å². The normalized spacial score (nSPS) is 10.2. The number of anilines is 2. The van der Waals surface area contributed by atoms with Crippen molar-refractivity contribution in [2.24, 2.45) is 0 Å². The Morgan fingerprint density at radius 3 is 2.75 bits per heavy atom. The fraction of sp³-hybridized carbons (Fsp3) is 0.0833. The number of hydrogen-bond donors (Lipinski definition) is 1. The highest BCUT2D eigenvalue weighted by atomic mass is 35.5. The number of hydrogen-bond acceptors (Lipinski definition) is 2. The summed E-state index contributed by atoms with van der Waals surface area (Å²) in [6.45, 7) is 1.90. The Bertz CT molecular complexity index is 497. The molecule has 0 atom stereocenters. The van der Waals surface area contributed by atoms with E-state index in [2.05, 4.69) is 10.3 Å². The topological polar surface area (TPSA) is 24.9 Å². The third kappa shape index (κ3) is 2.49. The molecule has 2 nitrogen and oxygen atoms in total. The summed E-state index contributed by atoms with van der Waals surface area (Å²) >= 11 is 5.72. The third-order valence-electron chi connectivity index (χ3n) is 2.19. The first-order chi connectivity index (χ1) is 7.65. The van der Waals surface area contributed by atoms with E-state index < -0.39 is 0 Å². The van der Waals surface area contributed by atoms with Crippen molar-refractivity contribution in [2.75, 3.05) is 5.32 Å². The predicted octanol–water partition coefficient (Wildman–Crippen LogP) is 3.93. The van der Waals surface area contributed by atoms with E-state index >= 15 is 0 Å². The minimum absolute atomic E-state index is 0.276. The first-order valence-electron chi connectivity index (χ1n) is 4.80. The lowest BCUT2D eigenvalue weighted by Crippen LogP contribution is -1.95. The van der Waals surface area contributed by atoms with Gasteiger partial charge in [0.15, 0.2) is 0 Å². The molecule has 2 aromatic rings. The van der Waals surface area contributed by atoms with Crippen molar-refractivity contribution >= 4 is 23.1 Å². The fourth-order valence-corrected chi connectivity index (χ4v) is 1.43. The monoisotopic (exact) mass is 236 g/mol. The van der Waals surface area contributed by atoms with Crippen LogP contribution in [0.5, 0.6) is 0 Å². The van der Waals surface area contributed by atoms with Crippen molar-refractivity contribution in [1.82, 2.24) is 4.98 Å². The van der Waals surface area contributed by atoms with Crippen LogP contribution in [0.1, 0.15) is 5.56 Å². The summed E-state index contributed by atoms with van der Waals surface area (Å²) in [5.41, 5.74) is 1.66. The summed E-state index contributed by atoms with van der Waals surface area (Å²) in [6, 6.07) is 8.05. The number of aryl methyl sites for hydroxylation is 1. The minimum atomic E-state index is -0.276. The summed E-state index contributed by atoms with van der Waals surface area (Å²) in [4.78, 5) is 4.08. The SMILES string of the molecule is Cc1ccc(F)cc1Nc1ccc(Cl)cn1. The third-order valence-corrected chi connectivity index (χ3v) is 2.41. The zero-order chi connectivity index (χ0) is 11.5. The second-order valence-electron chi connectivity index (χ2n) is 3.45. The molecular weight excluding hydrogens is 227 g/mol. The van der Waals surface area contributed by atoms with E-state index in [1.165, 1.54) is 12.1 Å². The van der Waals surface area contributed by atoms with Crippen LogP contribution in [0.4, 0.5) is 15.9 Å².